The van der Waals surface area contributed by atoms with Crippen LogP contribution < -0.4 is 21.3 Å². The maximum atomic E-state index is 15.2. The Kier molecular flexibility index (Phi) is 31.4. The molecule has 5 N–H and O–H groups in total. The lowest BCUT2D eigenvalue weighted by Crippen LogP contribution is -2.63. The average molecular weight is 1210 g/mol. The third-order valence-electron chi connectivity index (χ3n) is 16.2. The van der Waals surface area contributed by atoms with Gasteiger partial charge in [0.2, 0.25) is 59.1 Å². The summed E-state index contributed by atoms with van der Waals surface area (Å²) in [5, 5.41) is 23.0. The zero-order valence-corrected chi connectivity index (χ0v) is 56.6. The van der Waals surface area contributed by atoms with Crippen LogP contribution in [0.15, 0.2) is 24.4 Å². The Morgan fingerprint density at radius 2 is 0.872 bits per heavy atom. The van der Waals surface area contributed by atoms with Crippen molar-refractivity contribution in [3.63, 3.8) is 0 Å². The molecule has 0 aromatic carbocycles. The van der Waals surface area contributed by atoms with Gasteiger partial charge >= 0.3 is 0 Å². The molecular weight excluding hydrogens is 1100 g/mol. The molecule has 0 unspecified atom stereocenters. The van der Waals surface area contributed by atoms with Crippen molar-refractivity contribution in [2.75, 3.05) is 49.3 Å². The molecule has 1 aliphatic heterocycles. The molecule has 0 radical (unpaired) electrons. The molecule has 0 aliphatic carbocycles. The molecule has 0 spiro atoms. The van der Waals surface area contributed by atoms with Gasteiger partial charge in [-0.3, -0.25) is 52.7 Å². The predicted octanol–water partition coefficient (Wildman–Crippen LogP) is 3.78. The summed E-state index contributed by atoms with van der Waals surface area (Å²) >= 11 is 0. The number of carbonyl (C=O) groups is 11. The maximum Gasteiger partial charge on any atom is 0.270 e. The van der Waals surface area contributed by atoms with Crippen LogP contribution in [0.4, 0.5) is 0 Å². The Morgan fingerprint density at radius 3 is 1.31 bits per heavy atom. The monoisotopic (exact) mass is 1210 g/mol. The predicted molar refractivity (Wildman–Crippen MR) is 333 cm³/mol. The van der Waals surface area contributed by atoms with Crippen molar-refractivity contribution < 1.29 is 57.8 Å². The smallest absolute Gasteiger partial charge is 0.270 e. The lowest BCUT2D eigenvalue weighted by atomic mass is 9.91. The number of hydrogen-bond acceptors (Lipinski definition) is 12. The highest BCUT2D eigenvalue weighted by Gasteiger charge is 2.46. The van der Waals surface area contributed by atoms with Crippen LogP contribution in [-0.4, -0.2) is 220 Å². The van der Waals surface area contributed by atoms with E-state index < -0.39 is 149 Å². The molecule has 1 rings (SSSR count). The number of amides is 11. The Balaban J connectivity index is 4.38. The van der Waals surface area contributed by atoms with Gasteiger partial charge in [0.05, 0.1) is 6.10 Å². The second kappa shape index (κ2) is 34.8. The first-order chi connectivity index (χ1) is 39.6. The maximum absolute atomic E-state index is 15.2. The van der Waals surface area contributed by atoms with Crippen molar-refractivity contribution in [2.24, 2.45) is 41.4 Å². The van der Waals surface area contributed by atoms with Crippen molar-refractivity contribution in [2.45, 2.75) is 223 Å². The SMILES string of the molecule is C=C1C(=O)N(C)[C@@H](CC(C)C)C(=O)N[C@@H](C(C)C)C(=O)N(C)[C@@H](CC(C)C)C(=O)N[C@@H](C)C(=O)N[C@H](C)C(=O)N(C)[C@@H](CC(C)C)C(=O)N(C)[C@@H](CC(C)C)C(=O)N(C)[C@@H](C(C)C)C(=O)N(C)[C@@H]([C@H](O)[C@H](C)CC=CC)C(=O)N[C@@H](CC)C(=O)N1C. The number of nitrogens with one attached hydrogen (secondary N) is 4. The topological polar surface area (TPSA) is 279 Å². The molecule has 0 aromatic heterocycles. The van der Waals surface area contributed by atoms with E-state index in [0.29, 0.717) is 6.42 Å². The molecule has 0 saturated carbocycles. The van der Waals surface area contributed by atoms with E-state index in [1.165, 1.54) is 82.8 Å². The largest absolute Gasteiger partial charge is 0.390 e. The number of aliphatic hydroxyl groups is 1. The standard InChI is InChI=1S/C63H111N11O12/c1-26-28-29-40(15)52(75)51-56(79)66-44(27-2)59(82)68(19)43(18)58(81)69(20)46(31-35(5)6)55(78)67-49(38(11)12)62(85)70(21)45(30-34(3)4)54(77)64-41(16)53(76)65-42(17)57(80)71(22)47(32-36(7)8)60(83)72(23)48(33-37(9)10)61(84)73(24)50(39(13)14)63(86)74(51)25/h26,28,34-42,44-52,75H,18,27,29-33H2,1-17,19-25H3,(H,64,77)(H,65,76)(H,66,79)(H,67,78)/t40-,41+,42-,44+,45+,46+,47+,48+,49+,50+,51+,52-/m1/s1. The van der Waals surface area contributed by atoms with Crippen LogP contribution in [0, 0.1) is 41.4 Å². The second-order valence-electron chi connectivity index (χ2n) is 26.2. The van der Waals surface area contributed by atoms with E-state index in [1.807, 2.05) is 55.4 Å². The minimum atomic E-state index is -1.64. The van der Waals surface area contributed by atoms with E-state index in [9.17, 15) is 48.3 Å². The summed E-state index contributed by atoms with van der Waals surface area (Å²) in [4.78, 5) is 169. The number of allylic oxidation sites excluding steroid dienone is 2. The second-order valence-corrected chi connectivity index (χ2v) is 26.2. The molecule has 12 atom stereocenters. The van der Waals surface area contributed by atoms with Gasteiger partial charge in [-0.15, -0.1) is 0 Å². The highest BCUT2D eigenvalue weighted by atomic mass is 16.3. The molecule has 1 saturated heterocycles. The lowest BCUT2D eigenvalue weighted by molar-refractivity contribution is -0.157. The average Bonchev–Trinajstić information content (AvgIpc) is 2.39. The summed E-state index contributed by atoms with van der Waals surface area (Å²) in [6.07, 6.45) is 2.87. The van der Waals surface area contributed by atoms with E-state index in [4.69, 9.17) is 0 Å². The summed E-state index contributed by atoms with van der Waals surface area (Å²) in [5.74, 6) is -10.3. The van der Waals surface area contributed by atoms with Crippen LogP contribution >= 0.6 is 0 Å². The Labute approximate surface area is 514 Å². The van der Waals surface area contributed by atoms with Gasteiger partial charge in [0.1, 0.15) is 66.1 Å². The summed E-state index contributed by atoms with van der Waals surface area (Å²) in [6.45, 7) is 33.7. The number of rotatable bonds is 15. The molecule has 1 aliphatic rings. The van der Waals surface area contributed by atoms with E-state index in [2.05, 4.69) is 27.8 Å². The molecule has 1 heterocycles. The normalized spacial score (nSPS) is 26.8. The number of aliphatic hydroxyl groups excluding tert-OH is 1. The van der Waals surface area contributed by atoms with Crippen molar-refractivity contribution in [3.05, 3.63) is 24.4 Å². The molecule has 23 nitrogen and oxygen atoms in total. The minimum Gasteiger partial charge on any atom is -0.390 e. The Hall–Kier alpha value is -6.39. The lowest BCUT2D eigenvalue weighted by Gasteiger charge is -2.41. The summed E-state index contributed by atoms with van der Waals surface area (Å²) in [7, 11) is 9.75. The third kappa shape index (κ3) is 20.9. The highest BCUT2D eigenvalue weighted by molar-refractivity contribution is 6.02. The zero-order chi connectivity index (χ0) is 66.8. The molecule has 86 heavy (non-hydrogen) atoms. The highest BCUT2D eigenvalue weighted by Crippen LogP contribution is 2.26. The Bertz CT molecular complexity index is 2410. The number of hydrogen-bond donors (Lipinski definition) is 5. The molecule has 490 valence electrons. The Morgan fingerprint density at radius 1 is 0.465 bits per heavy atom. The summed E-state index contributed by atoms with van der Waals surface area (Å²) in [6, 6.07) is -12.6. The number of carbonyl (C=O) groups excluding carboxylic acids is 11. The van der Waals surface area contributed by atoms with Crippen LogP contribution in [0.1, 0.15) is 156 Å². The number of nitrogens with zero attached hydrogens (tertiary/aromatic N) is 7. The van der Waals surface area contributed by atoms with Gasteiger partial charge in [0, 0.05) is 49.3 Å². The van der Waals surface area contributed by atoms with Crippen LogP contribution in [-0.2, 0) is 52.7 Å². The quantitative estimate of drug-likeness (QED) is 0.116. The van der Waals surface area contributed by atoms with Gasteiger partial charge in [-0.2, -0.15) is 0 Å². The van der Waals surface area contributed by atoms with Crippen LogP contribution in [0.3, 0.4) is 0 Å². The third-order valence-corrected chi connectivity index (χ3v) is 16.2. The van der Waals surface area contributed by atoms with Gasteiger partial charge < -0.3 is 60.7 Å². The van der Waals surface area contributed by atoms with Gasteiger partial charge in [-0.05, 0) is 101 Å². The van der Waals surface area contributed by atoms with Gasteiger partial charge in [-0.25, -0.2) is 0 Å². The van der Waals surface area contributed by atoms with E-state index in [-0.39, 0.29) is 61.5 Å². The fourth-order valence-corrected chi connectivity index (χ4v) is 10.7. The summed E-state index contributed by atoms with van der Waals surface area (Å²) < 4.78 is 0. The minimum absolute atomic E-state index is 0.0255. The fourth-order valence-electron chi connectivity index (χ4n) is 10.7. The first-order valence-electron chi connectivity index (χ1n) is 30.7. The van der Waals surface area contributed by atoms with Crippen molar-refractivity contribution in [1.82, 2.24) is 55.6 Å². The van der Waals surface area contributed by atoms with E-state index >= 15 is 9.59 Å². The van der Waals surface area contributed by atoms with Crippen molar-refractivity contribution >= 4 is 65.0 Å². The molecule has 23 heteroatoms. The van der Waals surface area contributed by atoms with Crippen LogP contribution in [0.25, 0.3) is 0 Å². The van der Waals surface area contributed by atoms with Gasteiger partial charge in [0.15, 0.2) is 0 Å². The summed E-state index contributed by atoms with van der Waals surface area (Å²) in [5.41, 5.74) is -0.363. The molecule has 0 bridgehead atoms. The van der Waals surface area contributed by atoms with E-state index in [1.54, 1.807) is 60.6 Å². The molecule has 0 aromatic rings. The first kappa shape index (κ1) is 77.6. The van der Waals surface area contributed by atoms with Crippen molar-refractivity contribution in [1.29, 1.82) is 0 Å². The van der Waals surface area contributed by atoms with Crippen molar-refractivity contribution in [3.8, 4) is 0 Å². The van der Waals surface area contributed by atoms with Gasteiger partial charge in [0.25, 0.3) is 5.91 Å². The number of likely N-dealkylation sites (N-methyl/N-ethyl adjacent to an activating group) is 7. The zero-order valence-electron chi connectivity index (χ0n) is 56.6. The molecule has 11 amide bonds. The van der Waals surface area contributed by atoms with Crippen LogP contribution in [0.5, 0.6) is 0 Å². The molecular formula is C63H111N11O12. The van der Waals surface area contributed by atoms with Gasteiger partial charge in [-0.1, -0.05) is 116 Å². The fraction of sp³-hybridized carbons (Fsp3) is 0.762. The van der Waals surface area contributed by atoms with E-state index in [0.717, 1.165) is 14.7 Å². The van der Waals surface area contributed by atoms with Crippen LogP contribution in [0.2, 0.25) is 0 Å². The molecule has 1 fully saturated rings. The first-order valence-corrected chi connectivity index (χ1v) is 30.7.